The van der Waals surface area contributed by atoms with E-state index in [0.717, 1.165) is 5.56 Å². The fourth-order valence-corrected chi connectivity index (χ4v) is 1.60. The van der Waals surface area contributed by atoms with Gasteiger partial charge in [-0.3, -0.25) is 0 Å². The lowest BCUT2D eigenvalue weighted by Gasteiger charge is -2.12. The first-order valence-electron chi connectivity index (χ1n) is 5.51. The van der Waals surface area contributed by atoms with E-state index in [9.17, 15) is 13.9 Å². The van der Waals surface area contributed by atoms with Gasteiger partial charge in [-0.15, -0.1) is 5.76 Å². The summed E-state index contributed by atoms with van der Waals surface area (Å²) in [6, 6.07) is 11.5. The summed E-state index contributed by atoms with van der Waals surface area (Å²) < 4.78 is 25.4. The minimum Gasteiger partial charge on any atom is -0.875 e. The molecule has 2 aromatic carbocycles. The van der Waals surface area contributed by atoms with Crippen LogP contribution in [-0.4, -0.2) is 0 Å². The Morgan fingerprint density at radius 3 is 1.94 bits per heavy atom. The molecule has 0 saturated carbocycles. The second-order valence-corrected chi connectivity index (χ2v) is 3.97. The molecule has 0 aliphatic heterocycles. The molecule has 0 amide bonds. The van der Waals surface area contributed by atoms with Gasteiger partial charge >= 0.3 is 0 Å². The van der Waals surface area contributed by atoms with E-state index >= 15 is 0 Å². The van der Waals surface area contributed by atoms with Crippen molar-refractivity contribution in [2.24, 2.45) is 0 Å². The highest BCUT2D eigenvalue weighted by Crippen LogP contribution is 2.10. The Hall–Kier alpha value is -2.16. The van der Waals surface area contributed by atoms with Gasteiger partial charge in [-0.2, -0.15) is 0 Å². The molecule has 0 aliphatic rings. The Balaban J connectivity index is 2.09. The molecule has 18 heavy (non-hydrogen) atoms. The van der Waals surface area contributed by atoms with E-state index in [1.165, 1.54) is 42.5 Å². The molecule has 92 valence electrons. The van der Waals surface area contributed by atoms with Crippen molar-refractivity contribution < 1.29 is 13.9 Å². The summed E-state index contributed by atoms with van der Waals surface area (Å²) in [5, 5.41) is 11.7. The van der Waals surface area contributed by atoms with Crippen LogP contribution in [0.1, 0.15) is 11.1 Å². The second kappa shape index (κ2) is 5.45. The predicted octanol–water partition coefficient (Wildman–Crippen LogP) is 2.91. The number of rotatable bonds is 3. The molecule has 0 atom stereocenters. The van der Waals surface area contributed by atoms with E-state index in [2.05, 4.69) is 0 Å². The highest BCUT2D eigenvalue weighted by molar-refractivity contribution is 5.51. The number of allylic oxidation sites excluding steroid dienone is 1. The molecule has 2 rings (SSSR count). The quantitative estimate of drug-likeness (QED) is 0.762. The summed E-state index contributed by atoms with van der Waals surface area (Å²) in [6.07, 6.45) is 1.65. The van der Waals surface area contributed by atoms with Crippen LogP contribution in [0, 0.1) is 11.6 Å². The molecule has 0 fully saturated rings. The summed E-state index contributed by atoms with van der Waals surface area (Å²) in [4.78, 5) is 0. The zero-order chi connectivity index (χ0) is 13.0. The van der Waals surface area contributed by atoms with E-state index in [-0.39, 0.29) is 23.8 Å². The molecular weight excluding hydrogens is 234 g/mol. The van der Waals surface area contributed by atoms with Crippen LogP contribution >= 0.6 is 0 Å². The molecule has 0 aliphatic carbocycles. The van der Waals surface area contributed by atoms with E-state index in [0.29, 0.717) is 5.56 Å². The van der Waals surface area contributed by atoms with Crippen molar-refractivity contribution in [3.05, 3.63) is 77.1 Å². The Morgan fingerprint density at radius 2 is 1.39 bits per heavy atom. The van der Waals surface area contributed by atoms with Crippen molar-refractivity contribution in [2.45, 2.75) is 6.42 Å². The minimum absolute atomic E-state index is 0.104. The molecule has 0 N–H and O–H groups in total. The Bertz CT molecular complexity index is 542. The number of hydrogen-bond donors (Lipinski definition) is 0. The third-order valence-corrected chi connectivity index (χ3v) is 2.49. The van der Waals surface area contributed by atoms with Gasteiger partial charge in [-0.25, -0.2) is 8.78 Å². The smallest absolute Gasteiger partial charge is 0.123 e. The standard InChI is InChI=1S/C15H12F2O/c16-13-5-1-11(2-6-13)9-15(18)10-12-3-7-14(17)8-4-12/h1-9,18H,10H2/p-1/b15-9-. The minimum atomic E-state index is -0.335. The average molecular weight is 245 g/mol. The van der Waals surface area contributed by atoms with Crippen LogP contribution in [0.2, 0.25) is 0 Å². The van der Waals surface area contributed by atoms with Crippen molar-refractivity contribution in [2.75, 3.05) is 0 Å². The lowest BCUT2D eigenvalue weighted by molar-refractivity contribution is -0.303. The van der Waals surface area contributed by atoms with E-state index < -0.39 is 0 Å². The van der Waals surface area contributed by atoms with Crippen LogP contribution in [0.5, 0.6) is 0 Å². The molecule has 1 nitrogen and oxygen atoms in total. The number of hydrogen-bond acceptors (Lipinski definition) is 1. The monoisotopic (exact) mass is 245 g/mol. The number of halogens is 2. The van der Waals surface area contributed by atoms with Gasteiger partial charge in [0.05, 0.1) is 0 Å². The van der Waals surface area contributed by atoms with Gasteiger partial charge in [0.25, 0.3) is 0 Å². The third-order valence-electron chi connectivity index (χ3n) is 2.49. The van der Waals surface area contributed by atoms with Crippen molar-refractivity contribution >= 4 is 6.08 Å². The second-order valence-electron chi connectivity index (χ2n) is 3.97. The van der Waals surface area contributed by atoms with Crippen LogP contribution in [0.3, 0.4) is 0 Å². The normalized spacial score (nSPS) is 11.6. The first-order chi connectivity index (χ1) is 8.63. The van der Waals surface area contributed by atoms with Gasteiger partial charge in [0.2, 0.25) is 0 Å². The molecule has 0 radical (unpaired) electrons. The Morgan fingerprint density at radius 1 is 0.889 bits per heavy atom. The topological polar surface area (TPSA) is 23.1 Å². The van der Waals surface area contributed by atoms with Gasteiger partial charge in [0.1, 0.15) is 11.6 Å². The maximum absolute atomic E-state index is 12.7. The number of benzene rings is 2. The zero-order valence-corrected chi connectivity index (χ0v) is 9.57. The van der Waals surface area contributed by atoms with Crippen molar-refractivity contribution in [1.29, 1.82) is 0 Å². The largest absolute Gasteiger partial charge is 0.875 e. The first kappa shape index (κ1) is 12.3. The maximum Gasteiger partial charge on any atom is 0.123 e. The Kier molecular flexibility index (Phi) is 3.72. The molecule has 2 aromatic rings. The average Bonchev–Trinajstić information content (AvgIpc) is 2.35. The SMILES string of the molecule is [O-]/C(=C\c1ccc(F)cc1)Cc1ccc(F)cc1. The maximum atomic E-state index is 12.7. The molecule has 0 bridgehead atoms. The lowest BCUT2D eigenvalue weighted by Crippen LogP contribution is -2.06. The van der Waals surface area contributed by atoms with Gasteiger partial charge < -0.3 is 5.11 Å². The highest BCUT2D eigenvalue weighted by atomic mass is 19.1. The third kappa shape index (κ3) is 3.42. The molecule has 0 spiro atoms. The van der Waals surface area contributed by atoms with E-state index in [1.807, 2.05) is 0 Å². The summed E-state index contributed by atoms with van der Waals surface area (Å²) in [7, 11) is 0. The summed E-state index contributed by atoms with van der Waals surface area (Å²) >= 11 is 0. The molecular formula is C15H11F2O-. The van der Waals surface area contributed by atoms with E-state index in [4.69, 9.17) is 0 Å². The van der Waals surface area contributed by atoms with Crippen molar-refractivity contribution in [1.82, 2.24) is 0 Å². The Labute approximate surface area is 104 Å². The summed E-state index contributed by atoms with van der Waals surface area (Å²) in [6.45, 7) is 0. The summed E-state index contributed by atoms with van der Waals surface area (Å²) in [5.74, 6) is -0.764. The molecule has 0 heterocycles. The zero-order valence-electron chi connectivity index (χ0n) is 9.57. The van der Waals surface area contributed by atoms with Crippen LogP contribution in [0.15, 0.2) is 54.3 Å². The van der Waals surface area contributed by atoms with Crippen LogP contribution in [0.25, 0.3) is 6.08 Å². The van der Waals surface area contributed by atoms with Gasteiger partial charge in [0.15, 0.2) is 0 Å². The molecule has 0 unspecified atom stereocenters. The molecule has 3 heteroatoms. The van der Waals surface area contributed by atoms with Crippen molar-refractivity contribution in [3.63, 3.8) is 0 Å². The molecule has 0 saturated heterocycles. The highest BCUT2D eigenvalue weighted by Gasteiger charge is 1.94. The van der Waals surface area contributed by atoms with E-state index in [1.54, 1.807) is 12.1 Å². The van der Waals surface area contributed by atoms with Gasteiger partial charge in [-0.05, 0) is 41.8 Å². The predicted molar refractivity (Wildman–Crippen MR) is 64.5 cm³/mol. The summed E-state index contributed by atoms with van der Waals surface area (Å²) in [5.41, 5.74) is 1.41. The van der Waals surface area contributed by atoms with Gasteiger partial charge in [0, 0.05) is 0 Å². The first-order valence-corrected chi connectivity index (χ1v) is 5.51. The fourth-order valence-electron chi connectivity index (χ4n) is 1.60. The van der Waals surface area contributed by atoms with Crippen LogP contribution < -0.4 is 5.11 Å². The lowest BCUT2D eigenvalue weighted by atomic mass is 10.1. The van der Waals surface area contributed by atoms with Crippen LogP contribution in [-0.2, 0) is 6.42 Å². The fraction of sp³-hybridized carbons (Fsp3) is 0.0667. The molecule has 0 aromatic heterocycles. The van der Waals surface area contributed by atoms with Gasteiger partial charge in [-0.1, -0.05) is 30.3 Å². The van der Waals surface area contributed by atoms with Crippen molar-refractivity contribution in [3.8, 4) is 0 Å². The van der Waals surface area contributed by atoms with Crippen LogP contribution in [0.4, 0.5) is 8.78 Å².